The van der Waals surface area contributed by atoms with Crippen molar-refractivity contribution in [2.24, 2.45) is 5.73 Å². The van der Waals surface area contributed by atoms with E-state index in [-0.39, 0.29) is 44.0 Å². The predicted molar refractivity (Wildman–Crippen MR) is 109 cm³/mol. The lowest BCUT2D eigenvalue weighted by molar-refractivity contribution is -0.171. The first kappa shape index (κ1) is 22.3. The van der Waals surface area contributed by atoms with Gasteiger partial charge in [-0.25, -0.2) is 9.59 Å². The van der Waals surface area contributed by atoms with Gasteiger partial charge in [-0.1, -0.05) is 6.07 Å². The Morgan fingerprint density at radius 1 is 1.09 bits per heavy atom. The summed E-state index contributed by atoms with van der Waals surface area (Å²) in [6.07, 6.45) is -1.14. The monoisotopic (exact) mass is 444 g/mol. The number of fused-ring (bicyclic) bond motifs is 1. The number of nitrogens with one attached hydrogen (secondary N) is 4. The topological polar surface area (TPSA) is 197 Å². The van der Waals surface area contributed by atoms with E-state index in [1.807, 2.05) is 0 Å². The lowest BCUT2D eigenvalue weighted by Crippen LogP contribution is -2.40. The van der Waals surface area contributed by atoms with Crippen LogP contribution in [0.4, 0.5) is 4.79 Å². The van der Waals surface area contributed by atoms with Gasteiger partial charge in [0.25, 0.3) is 11.8 Å². The van der Waals surface area contributed by atoms with Crippen LogP contribution in [0.2, 0.25) is 0 Å². The van der Waals surface area contributed by atoms with Gasteiger partial charge in [0, 0.05) is 30.8 Å². The number of hydroxylamine groups is 2. The van der Waals surface area contributed by atoms with Gasteiger partial charge in [-0.3, -0.25) is 19.8 Å². The molecule has 168 valence electrons. The average Bonchev–Trinajstić information content (AvgIpc) is 3.04. The minimum Gasteiger partial charge on any atom is -0.423 e. The first-order chi connectivity index (χ1) is 15.2. The van der Waals surface area contributed by atoms with E-state index in [9.17, 15) is 24.0 Å². The summed E-state index contributed by atoms with van der Waals surface area (Å²) >= 11 is 0. The number of imide groups is 1. The number of carbonyl (C=O) groups excluding carboxylic acids is 4. The van der Waals surface area contributed by atoms with E-state index < -0.39 is 29.4 Å². The number of carbonyl (C=O) groups is 4. The Morgan fingerprint density at radius 3 is 2.50 bits per heavy atom. The van der Waals surface area contributed by atoms with Gasteiger partial charge in [-0.05, 0) is 23.3 Å². The molecule has 32 heavy (non-hydrogen) atoms. The molecular weight excluding hydrogens is 424 g/mol. The van der Waals surface area contributed by atoms with Crippen molar-refractivity contribution in [1.82, 2.24) is 21.0 Å². The maximum Gasteiger partial charge on any atom is 0.432 e. The summed E-state index contributed by atoms with van der Waals surface area (Å²) in [6.45, 7) is -0.0644. The van der Waals surface area contributed by atoms with Crippen LogP contribution in [0.25, 0.3) is 11.0 Å². The quantitative estimate of drug-likeness (QED) is 0.119. The van der Waals surface area contributed by atoms with Crippen molar-refractivity contribution in [3.8, 4) is 0 Å². The van der Waals surface area contributed by atoms with Crippen LogP contribution in [0.5, 0.6) is 0 Å². The van der Waals surface area contributed by atoms with Crippen molar-refractivity contribution in [1.29, 1.82) is 5.41 Å². The maximum absolute atomic E-state index is 12.1. The van der Waals surface area contributed by atoms with E-state index in [1.54, 1.807) is 12.1 Å². The fourth-order valence-corrected chi connectivity index (χ4v) is 2.95. The van der Waals surface area contributed by atoms with Gasteiger partial charge >= 0.3 is 11.7 Å². The number of nitrogens with two attached hydrogens (primary N) is 1. The third kappa shape index (κ3) is 5.59. The number of hydrogen-bond donors (Lipinski definition) is 5. The molecule has 0 unspecified atom stereocenters. The fraction of sp³-hybridized carbons (Fsp3) is 0.263. The minimum absolute atomic E-state index is 0.0108. The molecule has 6 N–H and O–H groups in total. The van der Waals surface area contributed by atoms with Crippen molar-refractivity contribution in [2.75, 3.05) is 6.67 Å². The van der Waals surface area contributed by atoms with E-state index >= 15 is 0 Å². The Kier molecular flexibility index (Phi) is 6.68. The molecule has 13 nitrogen and oxygen atoms in total. The summed E-state index contributed by atoms with van der Waals surface area (Å²) in [5.41, 5.74) is 5.75. The Balaban J connectivity index is 1.68. The molecule has 3 rings (SSSR count). The van der Waals surface area contributed by atoms with E-state index in [2.05, 4.69) is 16.0 Å². The molecule has 0 radical (unpaired) electrons. The van der Waals surface area contributed by atoms with Crippen LogP contribution in [0.15, 0.2) is 33.5 Å². The Hall–Kier alpha value is -4.42. The van der Waals surface area contributed by atoms with Crippen LogP contribution in [-0.4, -0.2) is 41.5 Å². The van der Waals surface area contributed by atoms with Gasteiger partial charge in [0.2, 0.25) is 5.91 Å². The summed E-state index contributed by atoms with van der Waals surface area (Å²) in [5, 5.41) is 15.3. The van der Waals surface area contributed by atoms with Crippen molar-refractivity contribution in [3.05, 3.63) is 45.8 Å². The highest BCUT2D eigenvalue weighted by atomic mass is 16.7. The maximum atomic E-state index is 12.1. The zero-order valence-electron chi connectivity index (χ0n) is 16.7. The molecule has 2 heterocycles. The average molecular weight is 444 g/mol. The number of nitrogens with zero attached hydrogens (tertiary/aromatic N) is 1. The van der Waals surface area contributed by atoms with Crippen LogP contribution in [0, 0.1) is 5.41 Å². The summed E-state index contributed by atoms with van der Waals surface area (Å²) in [4.78, 5) is 63.6. The van der Waals surface area contributed by atoms with Gasteiger partial charge < -0.3 is 30.9 Å². The van der Waals surface area contributed by atoms with Gasteiger partial charge in [0.15, 0.2) is 5.96 Å². The van der Waals surface area contributed by atoms with Crippen LogP contribution in [-0.2, 0) is 32.2 Å². The Bertz CT molecular complexity index is 1140. The molecule has 1 saturated heterocycles. The number of benzene rings is 1. The van der Waals surface area contributed by atoms with Crippen molar-refractivity contribution < 1.29 is 28.4 Å². The second kappa shape index (κ2) is 9.59. The Morgan fingerprint density at radius 2 is 1.81 bits per heavy atom. The van der Waals surface area contributed by atoms with Crippen molar-refractivity contribution >= 4 is 40.7 Å². The third-order valence-corrected chi connectivity index (χ3v) is 4.42. The number of rotatable bonds is 7. The highest BCUT2D eigenvalue weighted by molar-refractivity contribution is 6.01. The molecule has 13 heteroatoms. The second-order valence-corrected chi connectivity index (χ2v) is 6.78. The highest BCUT2D eigenvalue weighted by Crippen LogP contribution is 2.20. The zero-order valence-corrected chi connectivity index (χ0v) is 16.7. The van der Waals surface area contributed by atoms with Gasteiger partial charge in [-0.15, -0.1) is 5.06 Å². The van der Waals surface area contributed by atoms with Gasteiger partial charge in [-0.2, -0.15) is 0 Å². The zero-order chi connectivity index (χ0) is 23.3. The van der Waals surface area contributed by atoms with Crippen LogP contribution in [0.3, 0.4) is 0 Å². The molecule has 0 aliphatic carbocycles. The van der Waals surface area contributed by atoms with Crippen molar-refractivity contribution in [3.63, 3.8) is 0 Å². The number of hydrogen-bond acceptors (Lipinski definition) is 8. The van der Waals surface area contributed by atoms with Gasteiger partial charge in [0.05, 0.1) is 13.1 Å². The predicted octanol–water partition coefficient (Wildman–Crippen LogP) is -0.818. The molecule has 1 aliphatic heterocycles. The molecule has 1 aromatic carbocycles. The second-order valence-electron chi connectivity index (χ2n) is 6.78. The summed E-state index contributed by atoms with van der Waals surface area (Å²) in [7, 11) is 0. The van der Waals surface area contributed by atoms with E-state index in [4.69, 9.17) is 20.4 Å². The molecule has 0 bridgehead atoms. The normalized spacial score (nSPS) is 13.2. The molecule has 1 aliphatic rings. The number of guanidine groups is 1. The Labute approximate surface area is 180 Å². The molecule has 2 aromatic rings. The molecule has 0 atom stereocenters. The lowest BCUT2D eigenvalue weighted by atomic mass is 10.0. The van der Waals surface area contributed by atoms with E-state index in [1.165, 1.54) is 12.1 Å². The molecule has 1 fully saturated rings. The SMILES string of the molecule is N=C(N)NCNC(=O)Cc1cc(=O)oc2ccc(CNC(=O)ON3C(=O)CCC3=O)cc12. The first-order valence-corrected chi connectivity index (χ1v) is 9.45. The minimum atomic E-state index is -0.981. The molecular formula is C19H20N6O7. The summed E-state index contributed by atoms with van der Waals surface area (Å²) in [5.74, 6) is -1.90. The van der Waals surface area contributed by atoms with E-state index in [0.717, 1.165) is 0 Å². The fourth-order valence-electron chi connectivity index (χ4n) is 2.95. The highest BCUT2D eigenvalue weighted by Gasteiger charge is 2.32. The smallest absolute Gasteiger partial charge is 0.423 e. The molecule has 0 spiro atoms. The summed E-state index contributed by atoms with van der Waals surface area (Å²) < 4.78 is 5.15. The number of amides is 4. The molecule has 0 saturated carbocycles. The molecule has 4 amide bonds. The van der Waals surface area contributed by atoms with E-state index in [0.29, 0.717) is 21.6 Å². The lowest BCUT2D eigenvalue weighted by Gasteiger charge is -2.13. The van der Waals surface area contributed by atoms with Crippen molar-refractivity contribution in [2.45, 2.75) is 25.8 Å². The van der Waals surface area contributed by atoms with Crippen LogP contribution in [0.1, 0.15) is 24.0 Å². The van der Waals surface area contributed by atoms with Gasteiger partial charge in [0.1, 0.15) is 5.58 Å². The third-order valence-electron chi connectivity index (χ3n) is 4.42. The molecule has 1 aromatic heterocycles. The largest absolute Gasteiger partial charge is 0.432 e. The first-order valence-electron chi connectivity index (χ1n) is 9.45. The standard InChI is InChI=1S/C19H20N6O7/c20-18(21)24-9-23-14(26)6-11-7-17(29)31-13-2-1-10(5-12(11)13)8-22-19(30)32-25-15(27)3-4-16(25)28/h1-2,5,7H,3-4,6,8-9H2,(H,22,30)(H,23,26)(H4,20,21,24). The summed E-state index contributed by atoms with van der Waals surface area (Å²) in [6, 6.07) is 5.93. The van der Waals surface area contributed by atoms with Crippen LogP contribution >= 0.6 is 0 Å². The van der Waals surface area contributed by atoms with Crippen LogP contribution < -0.4 is 27.3 Å².